The summed E-state index contributed by atoms with van der Waals surface area (Å²) in [7, 11) is 1.59. The van der Waals surface area contributed by atoms with E-state index in [9.17, 15) is 9.90 Å². The zero-order valence-corrected chi connectivity index (χ0v) is 21.8. The summed E-state index contributed by atoms with van der Waals surface area (Å²) in [5, 5.41) is 10.7. The van der Waals surface area contributed by atoms with Crippen LogP contribution < -0.4 is 4.74 Å². The van der Waals surface area contributed by atoms with Crippen molar-refractivity contribution < 1.29 is 19.0 Å². The van der Waals surface area contributed by atoms with E-state index in [2.05, 4.69) is 41.1 Å². The van der Waals surface area contributed by atoms with Gasteiger partial charge in [-0.1, -0.05) is 18.2 Å². The SMILES string of the molecule is COc1ccc2nccc([C@@H](F)CC[C@@H]3CCN(CCCSc4ccccc4C)C[C@@H]3C(=O)O)c2c1. The van der Waals surface area contributed by atoms with Crippen molar-refractivity contribution in [2.24, 2.45) is 11.8 Å². The first-order valence-corrected chi connectivity index (χ1v) is 13.6. The minimum Gasteiger partial charge on any atom is -0.497 e. The standard InChI is InChI=1S/C29H35FN2O3S/c1-20-6-3-4-7-28(20)36-17-5-15-32-16-13-21(25(19-32)29(33)34)8-10-26(30)23-12-14-31-27-11-9-22(35-2)18-24(23)27/h3-4,6-7,9,11-12,14,18,21,25-26H,5,8,10,13,15-17,19H2,1-2H3,(H,33,34)/t21-,25+,26+/m1/s1. The van der Waals surface area contributed by atoms with Crippen molar-refractivity contribution in [3.05, 3.63) is 65.9 Å². The second kappa shape index (κ2) is 12.5. The molecule has 5 nitrogen and oxygen atoms in total. The van der Waals surface area contributed by atoms with Crippen LogP contribution in [0.2, 0.25) is 0 Å². The smallest absolute Gasteiger partial charge is 0.308 e. The summed E-state index contributed by atoms with van der Waals surface area (Å²) in [6.45, 7) is 4.43. The van der Waals surface area contributed by atoms with Crippen LogP contribution in [-0.2, 0) is 4.79 Å². The van der Waals surface area contributed by atoms with E-state index in [-0.39, 0.29) is 5.92 Å². The van der Waals surface area contributed by atoms with E-state index in [4.69, 9.17) is 4.74 Å². The zero-order valence-electron chi connectivity index (χ0n) is 21.0. The molecule has 0 saturated carbocycles. The monoisotopic (exact) mass is 510 g/mol. The van der Waals surface area contributed by atoms with Crippen LogP contribution >= 0.6 is 11.8 Å². The van der Waals surface area contributed by atoms with Gasteiger partial charge in [-0.15, -0.1) is 11.8 Å². The molecule has 1 N–H and O–H groups in total. The first kappa shape index (κ1) is 26.4. The van der Waals surface area contributed by atoms with E-state index in [1.807, 2.05) is 30.0 Å². The number of ether oxygens (including phenoxy) is 1. The topological polar surface area (TPSA) is 62.7 Å². The van der Waals surface area contributed by atoms with Crippen molar-refractivity contribution in [3.8, 4) is 5.75 Å². The molecule has 1 saturated heterocycles. The molecule has 0 amide bonds. The Labute approximate surface area is 217 Å². The van der Waals surface area contributed by atoms with Crippen molar-refractivity contribution in [1.82, 2.24) is 9.88 Å². The van der Waals surface area contributed by atoms with Gasteiger partial charge in [-0.25, -0.2) is 4.39 Å². The van der Waals surface area contributed by atoms with E-state index in [0.717, 1.165) is 42.6 Å². The Morgan fingerprint density at radius 3 is 2.89 bits per heavy atom. The molecule has 0 unspecified atom stereocenters. The van der Waals surface area contributed by atoms with Crippen molar-refractivity contribution >= 4 is 28.6 Å². The Balaban J connectivity index is 1.30. The quantitative estimate of drug-likeness (QED) is 0.233. The number of alkyl halides is 1. The van der Waals surface area contributed by atoms with Crippen LogP contribution in [0, 0.1) is 18.8 Å². The van der Waals surface area contributed by atoms with Gasteiger partial charge in [0.15, 0.2) is 0 Å². The number of carboxylic acid groups (broad SMARTS) is 1. The van der Waals surface area contributed by atoms with Crippen LogP contribution in [0.5, 0.6) is 5.75 Å². The zero-order chi connectivity index (χ0) is 25.5. The summed E-state index contributed by atoms with van der Waals surface area (Å²) in [6, 6.07) is 15.6. The fraction of sp³-hybridized carbons (Fsp3) is 0.448. The van der Waals surface area contributed by atoms with E-state index < -0.39 is 18.1 Å². The Kier molecular flexibility index (Phi) is 9.21. The molecule has 192 valence electrons. The molecule has 0 spiro atoms. The lowest BCUT2D eigenvalue weighted by molar-refractivity contribution is -0.146. The maximum absolute atomic E-state index is 15.4. The first-order valence-electron chi connectivity index (χ1n) is 12.7. The minimum absolute atomic E-state index is 0.0130. The Morgan fingerprint density at radius 2 is 2.11 bits per heavy atom. The van der Waals surface area contributed by atoms with Gasteiger partial charge < -0.3 is 14.7 Å². The number of nitrogens with zero attached hydrogens (tertiary/aromatic N) is 2. The number of likely N-dealkylation sites (tertiary alicyclic amines) is 1. The van der Waals surface area contributed by atoms with Gasteiger partial charge in [-0.3, -0.25) is 9.78 Å². The van der Waals surface area contributed by atoms with Gasteiger partial charge in [0.2, 0.25) is 0 Å². The summed E-state index contributed by atoms with van der Waals surface area (Å²) in [4.78, 5) is 20.0. The van der Waals surface area contributed by atoms with E-state index in [0.29, 0.717) is 30.7 Å². The number of halogens is 1. The van der Waals surface area contributed by atoms with Crippen molar-refractivity contribution in [3.63, 3.8) is 0 Å². The lowest BCUT2D eigenvalue weighted by atomic mass is 9.81. The Hall–Kier alpha value is -2.64. The predicted molar refractivity (Wildman–Crippen MR) is 144 cm³/mol. The molecule has 7 heteroatoms. The number of hydrogen-bond acceptors (Lipinski definition) is 5. The number of benzene rings is 2. The first-order chi connectivity index (χ1) is 17.5. The summed E-state index contributed by atoms with van der Waals surface area (Å²) in [5.74, 6) is 0.440. The number of fused-ring (bicyclic) bond motifs is 1. The van der Waals surface area contributed by atoms with Crippen molar-refractivity contribution in [1.29, 1.82) is 0 Å². The van der Waals surface area contributed by atoms with Gasteiger partial charge in [0.1, 0.15) is 11.9 Å². The molecule has 1 aliphatic rings. The second-order valence-electron chi connectivity index (χ2n) is 9.59. The number of aryl methyl sites for hydroxylation is 1. The van der Waals surface area contributed by atoms with Gasteiger partial charge in [0, 0.05) is 23.0 Å². The van der Waals surface area contributed by atoms with E-state index >= 15 is 4.39 Å². The van der Waals surface area contributed by atoms with Gasteiger partial charge in [0.25, 0.3) is 0 Å². The molecule has 3 atom stereocenters. The van der Waals surface area contributed by atoms with Crippen LogP contribution in [0.4, 0.5) is 4.39 Å². The highest BCUT2D eigenvalue weighted by atomic mass is 32.2. The number of pyridine rings is 1. The number of hydrogen-bond donors (Lipinski definition) is 1. The third kappa shape index (κ3) is 6.56. The molecule has 4 rings (SSSR count). The fourth-order valence-electron chi connectivity index (χ4n) is 5.15. The number of carboxylic acids is 1. The molecule has 0 aliphatic carbocycles. The summed E-state index contributed by atoms with van der Waals surface area (Å²) in [6.07, 6.45) is 3.13. The van der Waals surface area contributed by atoms with Gasteiger partial charge in [-0.2, -0.15) is 0 Å². The third-order valence-corrected chi connectivity index (χ3v) is 8.50. The lowest BCUT2D eigenvalue weighted by Crippen LogP contribution is -2.44. The van der Waals surface area contributed by atoms with Crippen LogP contribution in [0.1, 0.15) is 43.0 Å². The van der Waals surface area contributed by atoms with Crippen LogP contribution in [0.3, 0.4) is 0 Å². The average Bonchev–Trinajstić information content (AvgIpc) is 2.90. The molecule has 1 aromatic heterocycles. The molecule has 2 aromatic carbocycles. The summed E-state index contributed by atoms with van der Waals surface area (Å²) in [5.41, 5.74) is 2.61. The molecule has 1 aliphatic heterocycles. The molecule has 2 heterocycles. The van der Waals surface area contributed by atoms with Gasteiger partial charge in [0.05, 0.1) is 18.5 Å². The molecule has 0 radical (unpaired) electrons. The van der Waals surface area contributed by atoms with Crippen molar-refractivity contribution in [2.45, 2.75) is 43.7 Å². The largest absolute Gasteiger partial charge is 0.497 e. The van der Waals surface area contributed by atoms with Crippen LogP contribution in [0.15, 0.2) is 59.6 Å². The van der Waals surface area contributed by atoms with Crippen LogP contribution in [0.25, 0.3) is 10.9 Å². The molecule has 36 heavy (non-hydrogen) atoms. The summed E-state index contributed by atoms with van der Waals surface area (Å²) < 4.78 is 20.7. The highest BCUT2D eigenvalue weighted by Crippen LogP contribution is 2.35. The van der Waals surface area contributed by atoms with E-state index in [1.54, 1.807) is 19.4 Å². The van der Waals surface area contributed by atoms with Gasteiger partial charge >= 0.3 is 5.97 Å². The minimum atomic E-state index is -1.17. The second-order valence-corrected chi connectivity index (χ2v) is 10.7. The molecule has 1 fully saturated rings. The predicted octanol–water partition coefficient (Wildman–Crippen LogP) is 6.55. The number of carbonyl (C=O) groups is 1. The normalized spacial score (nSPS) is 19.3. The molecule has 3 aromatic rings. The number of methoxy groups -OCH3 is 1. The highest BCUT2D eigenvalue weighted by molar-refractivity contribution is 7.99. The third-order valence-electron chi connectivity index (χ3n) is 7.24. The maximum Gasteiger partial charge on any atom is 0.308 e. The molecule has 0 bridgehead atoms. The number of aromatic nitrogens is 1. The van der Waals surface area contributed by atoms with Gasteiger partial charge in [-0.05, 0) is 98.8 Å². The fourth-order valence-corrected chi connectivity index (χ4v) is 6.11. The maximum atomic E-state index is 15.4. The Bertz CT molecular complexity index is 1170. The molecular formula is C29H35FN2O3S. The van der Waals surface area contributed by atoms with Crippen LogP contribution in [-0.4, -0.2) is 53.5 Å². The van der Waals surface area contributed by atoms with E-state index in [1.165, 1.54) is 10.5 Å². The highest BCUT2D eigenvalue weighted by Gasteiger charge is 2.34. The van der Waals surface area contributed by atoms with Crippen molar-refractivity contribution in [2.75, 3.05) is 32.5 Å². The number of piperidine rings is 1. The lowest BCUT2D eigenvalue weighted by Gasteiger charge is -2.36. The molecular weight excluding hydrogens is 475 g/mol. The number of aliphatic carboxylic acids is 1. The number of thioether (sulfide) groups is 1. The number of rotatable bonds is 11. The summed E-state index contributed by atoms with van der Waals surface area (Å²) >= 11 is 1.86. The Morgan fingerprint density at radius 1 is 1.28 bits per heavy atom. The average molecular weight is 511 g/mol.